The number of rotatable bonds is 4. The zero-order chi connectivity index (χ0) is 20.5. The number of anilines is 2. The number of carbonyl (C=O) groups is 1. The van der Waals surface area contributed by atoms with Gasteiger partial charge in [-0.25, -0.2) is 9.37 Å². The van der Waals surface area contributed by atoms with E-state index < -0.39 is 11.8 Å². The number of carboxylic acid groups (broad SMARTS) is 1. The Hall–Kier alpha value is -2.73. The number of aromatic carboxylic acids is 1. The van der Waals surface area contributed by atoms with E-state index in [2.05, 4.69) is 4.98 Å². The number of benzene rings is 3. The van der Waals surface area contributed by atoms with Gasteiger partial charge in [-0.1, -0.05) is 42.5 Å². The normalized spacial score (nSPS) is 10.5. The van der Waals surface area contributed by atoms with Crippen molar-refractivity contribution >= 4 is 28.4 Å². The molecule has 1 heterocycles. The molecule has 0 atom stereocenters. The van der Waals surface area contributed by atoms with Gasteiger partial charge >= 0.3 is 29.6 Å². The second kappa shape index (κ2) is 8.96. The van der Waals surface area contributed by atoms with Crippen molar-refractivity contribution in [1.82, 2.24) is 4.98 Å². The molecule has 0 fully saturated rings. The molecule has 3 aromatic carbocycles. The van der Waals surface area contributed by atoms with Crippen LogP contribution in [0.5, 0.6) is 0 Å². The van der Waals surface area contributed by atoms with Crippen LogP contribution < -0.4 is 39.6 Å². The summed E-state index contributed by atoms with van der Waals surface area (Å²) in [6, 6.07) is 21.8. The minimum absolute atomic E-state index is 0. The molecule has 1 aromatic heterocycles. The van der Waals surface area contributed by atoms with Gasteiger partial charge in [0.2, 0.25) is 0 Å². The van der Waals surface area contributed by atoms with Crippen LogP contribution in [0.25, 0.3) is 22.0 Å². The van der Waals surface area contributed by atoms with Crippen molar-refractivity contribution in [2.75, 3.05) is 11.9 Å². The Morgan fingerprint density at radius 3 is 2.37 bits per heavy atom. The zero-order valence-corrected chi connectivity index (χ0v) is 19.0. The molecule has 4 nitrogen and oxygen atoms in total. The molecule has 6 heteroatoms. The molecule has 0 unspecified atom stereocenters. The third kappa shape index (κ3) is 4.10. The molecule has 30 heavy (non-hydrogen) atoms. The number of carbonyl (C=O) groups excluding carboxylic acids is 1. The minimum atomic E-state index is -1.35. The summed E-state index contributed by atoms with van der Waals surface area (Å²) in [4.78, 5) is 18.3. The Morgan fingerprint density at radius 2 is 1.67 bits per heavy atom. The summed E-state index contributed by atoms with van der Waals surface area (Å²) in [6.45, 7) is 1.66. The van der Waals surface area contributed by atoms with E-state index in [0.29, 0.717) is 16.9 Å². The smallest absolute Gasteiger partial charge is 0.545 e. The Bertz CT molecular complexity index is 1230. The minimum Gasteiger partial charge on any atom is -0.545 e. The summed E-state index contributed by atoms with van der Waals surface area (Å²) in [7, 11) is 1.83. The summed E-state index contributed by atoms with van der Waals surface area (Å²) < 4.78 is 13.7. The number of halogens is 1. The molecule has 0 N–H and O–H groups in total. The summed E-state index contributed by atoms with van der Waals surface area (Å²) in [5.74, 6) is -1.39. The molecule has 144 valence electrons. The quantitative estimate of drug-likeness (QED) is 0.480. The molecule has 0 radical (unpaired) electrons. The van der Waals surface area contributed by atoms with Crippen molar-refractivity contribution in [1.29, 1.82) is 0 Å². The van der Waals surface area contributed by atoms with E-state index in [4.69, 9.17) is 0 Å². The molecule has 0 saturated carbocycles. The third-order valence-corrected chi connectivity index (χ3v) is 5.03. The van der Waals surface area contributed by atoms with E-state index in [1.165, 1.54) is 18.2 Å². The molecule has 4 rings (SSSR count). The maximum atomic E-state index is 13.7. The number of carboxylic acids is 1. The van der Waals surface area contributed by atoms with Gasteiger partial charge in [0.05, 0.1) is 11.5 Å². The van der Waals surface area contributed by atoms with Crippen LogP contribution in [0.15, 0.2) is 72.8 Å². The Balaban J connectivity index is 0.00000256. The van der Waals surface area contributed by atoms with Crippen molar-refractivity contribution < 1.29 is 43.8 Å². The first-order chi connectivity index (χ1) is 14.0. The van der Waals surface area contributed by atoms with Gasteiger partial charge in [0.25, 0.3) is 0 Å². The van der Waals surface area contributed by atoms with Crippen molar-refractivity contribution in [3.8, 4) is 11.1 Å². The summed E-state index contributed by atoms with van der Waals surface area (Å²) in [5.41, 5.74) is 3.75. The number of aromatic nitrogens is 1. The predicted octanol–water partition coefficient (Wildman–Crippen LogP) is 1.48. The summed E-state index contributed by atoms with van der Waals surface area (Å²) in [5, 5.41) is 12.1. The van der Waals surface area contributed by atoms with Gasteiger partial charge < -0.3 is 14.8 Å². The van der Waals surface area contributed by atoms with Gasteiger partial charge in [-0.2, -0.15) is 0 Å². The molecule has 0 aliphatic rings. The van der Waals surface area contributed by atoms with Crippen LogP contribution in [-0.4, -0.2) is 18.0 Å². The topological polar surface area (TPSA) is 56.3 Å². The number of hydrogen-bond donors (Lipinski definition) is 0. The van der Waals surface area contributed by atoms with Gasteiger partial charge in [-0.05, 0) is 48.4 Å². The molecule has 0 aliphatic heterocycles. The average Bonchev–Trinajstić information content (AvgIpc) is 2.73. The average molecular weight is 408 g/mol. The van der Waals surface area contributed by atoms with Crippen LogP contribution in [-0.2, 0) is 0 Å². The van der Waals surface area contributed by atoms with E-state index in [1.54, 1.807) is 6.92 Å². The van der Waals surface area contributed by atoms with Crippen molar-refractivity contribution in [2.45, 2.75) is 6.92 Å². The van der Waals surface area contributed by atoms with E-state index in [-0.39, 0.29) is 40.5 Å². The first-order valence-corrected chi connectivity index (χ1v) is 9.16. The fraction of sp³-hybridized carbons (Fsp3) is 0.0833. The molecule has 4 aromatic rings. The molecule has 0 saturated heterocycles. The number of hydrogen-bond acceptors (Lipinski definition) is 4. The van der Waals surface area contributed by atoms with Gasteiger partial charge in [-0.3, -0.25) is 0 Å². The Labute approximate surface area is 196 Å². The van der Waals surface area contributed by atoms with Crippen LogP contribution in [0.1, 0.15) is 15.9 Å². The predicted molar refractivity (Wildman–Crippen MR) is 111 cm³/mol. The standard InChI is InChI=1S/C24H19FN2O2.Na/c1-15-22(24(28)29)20-14-18(25)11-12-21(20)26-23(15)27(2)19-10-6-9-17(13-19)16-7-4-3-5-8-16;/h3-14H,1-2H3,(H,28,29);/q;+1/p-1. The molecular formula is C24H18FN2NaO2. The molecule has 0 amide bonds. The second-order valence-corrected chi connectivity index (χ2v) is 6.86. The molecule has 0 spiro atoms. The summed E-state index contributed by atoms with van der Waals surface area (Å²) >= 11 is 0. The van der Waals surface area contributed by atoms with Crippen LogP contribution in [0.4, 0.5) is 15.9 Å². The van der Waals surface area contributed by atoms with Crippen molar-refractivity contribution in [3.63, 3.8) is 0 Å². The largest absolute Gasteiger partial charge is 1.00 e. The fourth-order valence-corrected chi connectivity index (χ4v) is 3.55. The zero-order valence-electron chi connectivity index (χ0n) is 17.0. The summed E-state index contributed by atoms with van der Waals surface area (Å²) in [6.07, 6.45) is 0. The number of fused-ring (bicyclic) bond motifs is 1. The van der Waals surface area contributed by atoms with Gasteiger partial charge in [-0.15, -0.1) is 0 Å². The molecule has 0 bridgehead atoms. The monoisotopic (exact) mass is 408 g/mol. The van der Waals surface area contributed by atoms with Crippen LogP contribution in [0.2, 0.25) is 0 Å². The van der Waals surface area contributed by atoms with Gasteiger partial charge in [0.1, 0.15) is 11.6 Å². The van der Waals surface area contributed by atoms with Crippen LogP contribution in [0.3, 0.4) is 0 Å². The van der Waals surface area contributed by atoms with Crippen LogP contribution in [0, 0.1) is 12.7 Å². The maximum Gasteiger partial charge on any atom is 1.00 e. The Morgan fingerprint density at radius 1 is 0.967 bits per heavy atom. The third-order valence-electron chi connectivity index (χ3n) is 5.03. The van der Waals surface area contributed by atoms with E-state index in [9.17, 15) is 14.3 Å². The SMILES string of the molecule is Cc1c(N(C)c2cccc(-c3ccccc3)c2)nc2ccc(F)cc2c1C(=O)[O-].[Na+]. The first kappa shape index (κ1) is 22.0. The Kier molecular flexibility index (Phi) is 6.56. The molecular weight excluding hydrogens is 390 g/mol. The number of nitrogens with zero attached hydrogens (tertiary/aromatic N) is 2. The van der Waals surface area contributed by atoms with Crippen molar-refractivity contribution in [3.05, 3.63) is 89.7 Å². The van der Waals surface area contributed by atoms with E-state index >= 15 is 0 Å². The van der Waals surface area contributed by atoms with Gasteiger partial charge in [0.15, 0.2) is 0 Å². The molecule has 0 aliphatic carbocycles. The fourth-order valence-electron chi connectivity index (χ4n) is 3.55. The van der Waals surface area contributed by atoms with Crippen molar-refractivity contribution in [2.24, 2.45) is 0 Å². The van der Waals surface area contributed by atoms with Crippen LogP contribution >= 0.6 is 0 Å². The first-order valence-electron chi connectivity index (χ1n) is 9.16. The van der Waals surface area contributed by atoms with Gasteiger partial charge in [0, 0.05) is 29.2 Å². The maximum absolute atomic E-state index is 13.7. The second-order valence-electron chi connectivity index (χ2n) is 6.86. The van der Waals surface area contributed by atoms with E-state index in [0.717, 1.165) is 16.8 Å². The number of pyridine rings is 1. The van der Waals surface area contributed by atoms with E-state index in [1.807, 2.05) is 66.5 Å².